The van der Waals surface area contributed by atoms with Gasteiger partial charge in [-0.1, -0.05) is 24.8 Å². The van der Waals surface area contributed by atoms with E-state index in [4.69, 9.17) is 4.74 Å². The molecule has 2 rings (SSSR count). The fourth-order valence-electron chi connectivity index (χ4n) is 1.72. The third-order valence-electron chi connectivity index (χ3n) is 2.65. The highest BCUT2D eigenvalue weighted by Crippen LogP contribution is 2.16. The highest BCUT2D eigenvalue weighted by atomic mass is 19.1. The van der Waals surface area contributed by atoms with Gasteiger partial charge in [0.2, 0.25) is 0 Å². The van der Waals surface area contributed by atoms with Gasteiger partial charge in [0.15, 0.2) is 0 Å². The Labute approximate surface area is 116 Å². The predicted octanol–water partition coefficient (Wildman–Crippen LogP) is 4.14. The largest absolute Gasteiger partial charge is 0.490 e. The van der Waals surface area contributed by atoms with Crippen LogP contribution in [-0.2, 0) is 6.54 Å². The van der Waals surface area contributed by atoms with Crippen LogP contribution in [0, 0.1) is 11.6 Å². The van der Waals surface area contributed by atoms with Gasteiger partial charge in [0.25, 0.3) is 0 Å². The summed E-state index contributed by atoms with van der Waals surface area (Å²) in [6.45, 7) is 4.51. The Bertz CT molecular complexity index is 561. The van der Waals surface area contributed by atoms with Crippen molar-refractivity contribution in [2.24, 2.45) is 0 Å². The molecule has 0 spiro atoms. The average molecular weight is 275 g/mol. The summed E-state index contributed by atoms with van der Waals surface area (Å²) in [7, 11) is 0. The molecule has 2 aromatic carbocycles. The summed E-state index contributed by atoms with van der Waals surface area (Å²) in [5.74, 6) is -0.438. The summed E-state index contributed by atoms with van der Waals surface area (Å²) < 4.78 is 31.4. The normalized spacial score (nSPS) is 10.1. The summed E-state index contributed by atoms with van der Waals surface area (Å²) in [4.78, 5) is 0. The number of hydrogen-bond acceptors (Lipinski definition) is 2. The summed E-state index contributed by atoms with van der Waals surface area (Å²) in [5, 5.41) is 2.97. The quantitative estimate of drug-likeness (QED) is 0.800. The third-order valence-corrected chi connectivity index (χ3v) is 2.65. The molecule has 0 heterocycles. The monoisotopic (exact) mass is 275 g/mol. The second kappa shape index (κ2) is 6.70. The van der Waals surface area contributed by atoms with Crippen LogP contribution >= 0.6 is 0 Å². The van der Waals surface area contributed by atoms with Crippen molar-refractivity contribution in [1.82, 2.24) is 0 Å². The standard InChI is InChI=1S/C16H15F2NO/c1-2-7-20-16-5-3-12(4-6-16)11-19-15-9-13(17)8-14(18)10-15/h2-6,8-10,19H,1,7,11H2. The molecule has 0 aliphatic heterocycles. The molecule has 2 nitrogen and oxygen atoms in total. The number of nitrogens with one attached hydrogen (secondary N) is 1. The molecule has 0 bridgehead atoms. The van der Waals surface area contributed by atoms with E-state index in [1.54, 1.807) is 6.08 Å². The Morgan fingerprint density at radius 1 is 1.05 bits per heavy atom. The lowest BCUT2D eigenvalue weighted by Crippen LogP contribution is -2.00. The van der Waals surface area contributed by atoms with Crippen molar-refractivity contribution in [3.05, 3.63) is 72.3 Å². The van der Waals surface area contributed by atoms with E-state index in [-0.39, 0.29) is 0 Å². The fourth-order valence-corrected chi connectivity index (χ4v) is 1.72. The zero-order valence-electron chi connectivity index (χ0n) is 10.9. The van der Waals surface area contributed by atoms with E-state index in [1.165, 1.54) is 12.1 Å². The topological polar surface area (TPSA) is 21.3 Å². The van der Waals surface area contributed by atoms with Crippen LogP contribution in [0.15, 0.2) is 55.1 Å². The second-order valence-electron chi connectivity index (χ2n) is 4.26. The van der Waals surface area contributed by atoms with Gasteiger partial charge in [0.05, 0.1) is 0 Å². The molecule has 0 aliphatic rings. The van der Waals surface area contributed by atoms with Crippen molar-refractivity contribution in [1.29, 1.82) is 0 Å². The summed E-state index contributed by atoms with van der Waals surface area (Å²) in [5.41, 5.74) is 1.40. The molecule has 2 aromatic rings. The van der Waals surface area contributed by atoms with Gasteiger partial charge in [-0.05, 0) is 29.8 Å². The lowest BCUT2D eigenvalue weighted by Gasteiger charge is -2.08. The van der Waals surface area contributed by atoms with Crippen LogP contribution in [0.5, 0.6) is 5.75 Å². The summed E-state index contributed by atoms with van der Waals surface area (Å²) in [6.07, 6.45) is 1.67. The first kappa shape index (κ1) is 14.1. The molecular formula is C16H15F2NO. The van der Waals surface area contributed by atoms with E-state index < -0.39 is 11.6 Å². The molecule has 104 valence electrons. The molecule has 0 aromatic heterocycles. The van der Waals surface area contributed by atoms with Gasteiger partial charge in [0.1, 0.15) is 24.0 Å². The Balaban J connectivity index is 1.94. The molecule has 4 heteroatoms. The first-order valence-electron chi connectivity index (χ1n) is 6.20. The molecule has 0 fully saturated rings. The number of hydrogen-bond donors (Lipinski definition) is 1. The highest BCUT2D eigenvalue weighted by Gasteiger charge is 2.01. The average Bonchev–Trinajstić information content (AvgIpc) is 2.43. The molecule has 1 N–H and O–H groups in total. The summed E-state index contributed by atoms with van der Waals surface area (Å²) >= 11 is 0. The Hall–Kier alpha value is -2.36. The maximum atomic E-state index is 13.0. The zero-order valence-corrected chi connectivity index (χ0v) is 10.9. The van der Waals surface area contributed by atoms with E-state index >= 15 is 0 Å². The van der Waals surface area contributed by atoms with E-state index in [2.05, 4.69) is 11.9 Å². The zero-order chi connectivity index (χ0) is 14.4. The molecular weight excluding hydrogens is 260 g/mol. The summed E-state index contributed by atoms with van der Waals surface area (Å²) in [6, 6.07) is 10.8. The lowest BCUT2D eigenvalue weighted by molar-refractivity contribution is 0.363. The Morgan fingerprint density at radius 2 is 1.70 bits per heavy atom. The third kappa shape index (κ3) is 4.09. The van der Waals surface area contributed by atoms with Gasteiger partial charge in [0, 0.05) is 18.3 Å². The van der Waals surface area contributed by atoms with E-state index in [0.29, 0.717) is 18.8 Å². The Morgan fingerprint density at radius 3 is 2.30 bits per heavy atom. The molecule has 0 aliphatic carbocycles. The van der Waals surface area contributed by atoms with Crippen molar-refractivity contribution in [2.45, 2.75) is 6.54 Å². The van der Waals surface area contributed by atoms with Crippen LogP contribution < -0.4 is 10.1 Å². The van der Waals surface area contributed by atoms with Crippen LogP contribution in [0.3, 0.4) is 0 Å². The molecule has 0 atom stereocenters. The van der Waals surface area contributed by atoms with E-state index in [1.807, 2.05) is 24.3 Å². The van der Waals surface area contributed by atoms with Gasteiger partial charge < -0.3 is 10.1 Å². The smallest absolute Gasteiger partial charge is 0.128 e. The van der Waals surface area contributed by atoms with E-state index in [9.17, 15) is 8.78 Å². The maximum Gasteiger partial charge on any atom is 0.128 e. The molecule has 0 amide bonds. The van der Waals surface area contributed by atoms with Crippen molar-refractivity contribution in [3.63, 3.8) is 0 Å². The van der Waals surface area contributed by atoms with Gasteiger partial charge in [-0.25, -0.2) is 8.78 Å². The van der Waals surface area contributed by atoms with Crippen molar-refractivity contribution in [3.8, 4) is 5.75 Å². The fraction of sp³-hybridized carbons (Fsp3) is 0.125. The number of rotatable bonds is 6. The minimum atomic E-state index is -0.597. The van der Waals surface area contributed by atoms with Crippen LogP contribution in [0.4, 0.5) is 14.5 Å². The van der Waals surface area contributed by atoms with Gasteiger partial charge in [-0.2, -0.15) is 0 Å². The first-order valence-corrected chi connectivity index (χ1v) is 6.20. The lowest BCUT2D eigenvalue weighted by atomic mass is 10.2. The minimum Gasteiger partial charge on any atom is -0.490 e. The second-order valence-corrected chi connectivity index (χ2v) is 4.26. The predicted molar refractivity (Wildman–Crippen MR) is 75.8 cm³/mol. The van der Waals surface area contributed by atoms with Crippen LogP contribution in [0.25, 0.3) is 0 Å². The number of anilines is 1. The van der Waals surface area contributed by atoms with Gasteiger partial charge in [-0.15, -0.1) is 0 Å². The Kier molecular flexibility index (Phi) is 4.71. The molecule has 20 heavy (non-hydrogen) atoms. The van der Waals surface area contributed by atoms with Crippen LogP contribution in [-0.4, -0.2) is 6.61 Å². The van der Waals surface area contributed by atoms with E-state index in [0.717, 1.165) is 17.4 Å². The van der Waals surface area contributed by atoms with Crippen molar-refractivity contribution in [2.75, 3.05) is 11.9 Å². The number of halogens is 2. The van der Waals surface area contributed by atoms with Crippen LogP contribution in [0.1, 0.15) is 5.56 Å². The van der Waals surface area contributed by atoms with Gasteiger partial charge >= 0.3 is 0 Å². The van der Waals surface area contributed by atoms with Crippen molar-refractivity contribution < 1.29 is 13.5 Å². The maximum absolute atomic E-state index is 13.0. The number of benzene rings is 2. The molecule has 0 radical (unpaired) electrons. The highest BCUT2D eigenvalue weighted by molar-refractivity contribution is 5.44. The first-order chi connectivity index (χ1) is 9.67. The SMILES string of the molecule is C=CCOc1ccc(CNc2cc(F)cc(F)c2)cc1. The van der Waals surface area contributed by atoms with Crippen molar-refractivity contribution >= 4 is 5.69 Å². The molecule has 0 saturated heterocycles. The van der Waals surface area contributed by atoms with Gasteiger partial charge in [-0.3, -0.25) is 0 Å². The number of ether oxygens (including phenoxy) is 1. The minimum absolute atomic E-state index is 0.412. The molecule has 0 saturated carbocycles. The molecule has 0 unspecified atom stereocenters. The van der Waals surface area contributed by atoms with Crippen LogP contribution in [0.2, 0.25) is 0 Å².